The Morgan fingerprint density at radius 2 is 0.660 bits per heavy atom. The van der Waals surface area contributed by atoms with E-state index in [1.165, 1.54) is 29.8 Å². The van der Waals surface area contributed by atoms with Crippen LogP contribution in [0.1, 0.15) is 104 Å². The van der Waals surface area contributed by atoms with E-state index < -0.39 is 16.5 Å². The number of carboxylic acids is 1. The van der Waals surface area contributed by atoms with E-state index in [-0.39, 0.29) is 57.6 Å². The van der Waals surface area contributed by atoms with Crippen LogP contribution in [0.4, 0.5) is 22.7 Å². The molecule has 6 N–H and O–H groups in total. The summed E-state index contributed by atoms with van der Waals surface area (Å²) >= 11 is 38.2. The Balaban J connectivity index is 0.000000135. The fourth-order valence-electron chi connectivity index (χ4n) is 12.8. The van der Waals surface area contributed by atoms with Crippen molar-refractivity contribution in [3.63, 3.8) is 0 Å². The number of aromatic carboxylic acids is 1. The van der Waals surface area contributed by atoms with Crippen LogP contribution in [-0.2, 0) is 0 Å². The third-order valence-corrected chi connectivity index (χ3v) is 22.3. The van der Waals surface area contributed by atoms with Gasteiger partial charge in [0.25, 0.3) is 28.2 Å². The van der Waals surface area contributed by atoms with E-state index in [1.54, 1.807) is 51.1 Å². The normalized spacial score (nSPS) is 16.5. The van der Waals surface area contributed by atoms with Crippen molar-refractivity contribution in [2.75, 3.05) is 69.7 Å². The number of amides is 3. The number of anilines is 4. The molecule has 8 aromatic carbocycles. The molecule has 7 heterocycles. The number of carboxylic acid groups (broad SMARTS) is 1. The Morgan fingerprint density at radius 3 is 0.957 bits per heavy atom. The molecular formula is C70H52Cl6N4O11S3. The van der Waals surface area contributed by atoms with Gasteiger partial charge in [0.1, 0.15) is 27.9 Å². The predicted octanol–water partition coefficient (Wildman–Crippen LogP) is 17.5. The number of hydrogen-bond acceptors (Lipinski definition) is 14. The lowest BCUT2D eigenvalue weighted by Crippen LogP contribution is -2.30. The maximum absolute atomic E-state index is 13.8. The largest absolute Gasteiger partial charge is 0.507 e. The smallest absolute Gasteiger partial charge is 0.345 e. The van der Waals surface area contributed by atoms with Crippen LogP contribution < -0.4 is 20.0 Å². The molecule has 94 heavy (non-hydrogen) atoms. The van der Waals surface area contributed by atoms with E-state index in [9.17, 15) is 49.2 Å². The van der Waals surface area contributed by atoms with Gasteiger partial charge in [-0.15, -0.1) is 80.4 Å². The lowest BCUT2D eigenvalue weighted by molar-refractivity contribution is 0.0701. The van der Waals surface area contributed by atoms with Crippen LogP contribution in [0.25, 0.3) is 43.1 Å². The summed E-state index contributed by atoms with van der Waals surface area (Å²) in [5.41, 5.74) is 6.99. The van der Waals surface area contributed by atoms with Crippen LogP contribution in [-0.4, -0.2) is 109 Å². The molecule has 4 aliphatic rings. The Kier molecular flexibility index (Phi) is 19.4. The molecule has 0 bridgehead atoms. The number of hydrogen-bond donors (Lipinski definition) is 6. The summed E-state index contributed by atoms with van der Waals surface area (Å²) in [6.45, 7) is 2.02. The number of phenols is 4. The molecule has 478 valence electrons. The Hall–Kier alpha value is -8.14. The Bertz CT molecular complexity index is 4720. The summed E-state index contributed by atoms with van der Waals surface area (Å²) < 4.78 is 0. The van der Waals surface area contributed by atoms with Gasteiger partial charge in [-0.05, 0) is 103 Å². The third kappa shape index (κ3) is 12.4. The van der Waals surface area contributed by atoms with Crippen molar-refractivity contribution in [2.45, 2.75) is 23.7 Å². The first-order chi connectivity index (χ1) is 45.3. The highest BCUT2D eigenvalue weighted by Crippen LogP contribution is 2.50. The van der Waals surface area contributed by atoms with Crippen molar-refractivity contribution in [2.24, 2.45) is 0 Å². The van der Waals surface area contributed by atoms with Crippen molar-refractivity contribution in [3.05, 3.63) is 209 Å². The molecule has 0 saturated carbocycles. The molecule has 15 rings (SSSR count). The Morgan fingerprint density at radius 1 is 0.383 bits per heavy atom. The van der Waals surface area contributed by atoms with Gasteiger partial charge in [-0.2, -0.15) is 0 Å². The van der Waals surface area contributed by atoms with E-state index >= 15 is 0 Å². The van der Waals surface area contributed by atoms with Gasteiger partial charge in [0.05, 0.1) is 41.4 Å². The van der Waals surface area contributed by atoms with E-state index in [2.05, 4.69) is 5.32 Å². The van der Waals surface area contributed by atoms with Crippen LogP contribution >= 0.6 is 104 Å². The van der Waals surface area contributed by atoms with Crippen molar-refractivity contribution >= 4 is 204 Å². The number of halogens is 6. The molecule has 24 heteroatoms. The average molecular weight is 1430 g/mol. The molecule has 11 aromatic rings. The number of alkyl halides is 4. The molecule has 0 spiro atoms. The van der Waals surface area contributed by atoms with Gasteiger partial charge in [0.15, 0.2) is 0 Å². The second kappa shape index (κ2) is 27.7. The van der Waals surface area contributed by atoms with Crippen LogP contribution in [0.2, 0.25) is 0 Å². The lowest BCUT2D eigenvalue weighted by atomic mass is 9.95. The number of fused-ring (bicyclic) bond motifs is 12. The number of carbonyl (C=O) groups is 6. The molecule has 0 aliphatic carbocycles. The topological polar surface area (TPSA) is 225 Å². The number of rotatable bonds is 10. The highest BCUT2D eigenvalue weighted by Gasteiger charge is 2.39. The number of carbonyl (C=O) groups excluding carboxylic acids is 5. The standard InChI is InChI=1S/C32H24Cl2N2O4S.C19H14ClNO4S.C13H12ClNO.C6H2Cl2O2S/c33-13-17-15-35(23-11-25(37)19-5-1-3-7-21(19)29(17)23)31(39)27-9-10-28(41-27)32(40)36-16-18(14-34)30-22-8-4-2-6-20(22)26(38)12-24(30)36;20-8-10-9-21(18(23)15-5-6-16(26-15)19(24)25)13-7-14(22)11-3-1-2-4-12(11)17(10)13;14-6-8-7-15-11-5-12(16)9-3-1-2-4-10(9)13(8)11;7-5(9)3-1-2-4(11-3)6(8)10/h1-12,17-18,37-38H,13-16H2;1-7,10,22H,8-9H2,(H,24,25);1-5,8,15-16H,6-7H2;1-2H/t17-,18-;10-;8-;/m111./s1. The molecule has 4 aliphatic heterocycles. The molecule has 0 fully saturated rings. The van der Waals surface area contributed by atoms with Crippen LogP contribution in [0, 0.1) is 0 Å². The fraction of sp³-hybridized carbons (Fsp3) is 0.171. The zero-order valence-corrected chi connectivity index (χ0v) is 56.0. The Labute approximate surface area is 579 Å². The summed E-state index contributed by atoms with van der Waals surface area (Å²) in [5.74, 6) is 0.520. The molecule has 0 saturated heterocycles. The van der Waals surface area contributed by atoms with Gasteiger partial charge in [-0.3, -0.25) is 24.0 Å². The monoisotopic (exact) mass is 1430 g/mol. The minimum atomic E-state index is -1.06. The first-order valence-corrected chi connectivity index (χ1v) is 34.5. The second-order valence-corrected chi connectivity index (χ2v) is 27.6. The zero-order valence-electron chi connectivity index (χ0n) is 49.0. The molecule has 3 aromatic heterocycles. The molecular weight excluding hydrogens is 1380 g/mol. The van der Waals surface area contributed by atoms with Gasteiger partial charge < -0.3 is 45.5 Å². The third-order valence-electron chi connectivity index (χ3n) is 17.0. The van der Waals surface area contributed by atoms with Crippen molar-refractivity contribution in [3.8, 4) is 23.0 Å². The number of phenolic OH excluding ortho intramolecular Hbond substituents is 4. The second-order valence-electron chi connectivity index (χ2n) is 22.4. The van der Waals surface area contributed by atoms with E-state index in [0.717, 1.165) is 106 Å². The van der Waals surface area contributed by atoms with Gasteiger partial charge in [-0.1, -0.05) is 97.1 Å². The first-order valence-electron chi connectivity index (χ1n) is 29.2. The molecule has 15 nitrogen and oxygen atoms in total. The minimum Gasteiger partial charge on any atom is -0.507 e. The van der Waals surface area contributed by atoms with Crippen LogP contribution in [0.3, 0.4) is 0 Å². The summed E-state index contributed by atoms with van der Waals surface area (Å²) in [6.07, 6.45) is 0. The maximum atomic E-state index is 13.8. The molecule has 0 radical (unpaired) electrons. The van der Waals surface area contributed by atoms with Gasteiger partial charge in [0.2, 0.25) is 0 Å². The number of nitrogens with zero attached hydrogens (tertiary/aromatic N) is 3. The maximum Gasteiger partial charge on any atom is 0.345 e. The first kappa shape index (κ1) is 65.9. The van der Waals surface area contributed by atoms with Gasteiger partial charge >= 0.3 is 5.97 Å². The molecule has 4 atom stereocenters. The quantitative estimate of drug-likeness (QED) is 0.0556. The molecule has 0 unspecified atom stereocenters. The highest BCUT2D eigenvalue weighted by atomic mass is 35.5. The van der Waals surface area contributed by atoms with Gasteiger partial charge in [0, 0.05) is 125 Å². The number of nitrogens with one attached hydrogen (secondary N) is 1. The summed E-state index contributed by atoms with van der Waals surface area (Å²) in [5, 5.41) is 59.8. The van der Waals surface area contributed by atoms with E-state index in [4.69, 9.17) is 74.7 Å². The van der Waals surface area contributed by atoms with E-state index in [1.807, 2.05) is 97.1 Å². The van der Waals surface area contributed by atoms with Crippen molar-refractivity contribution in [1.82, 2.24) is 0 Å². The van der Waals surface area contributed by atoms with Crippen molar-refractivity contribution < 1.29 is 54.3 Å². The minimum absolute atomic E-state index is 0.0555. The fourth-order valence-corrected chi connectivity index (χ4v) is 16.5. The number of benzene rings is 8. The predicted molar refractivity (Wildman–Crippen MR) is 380 cm³/mol. The summed E-state index contributed by atoms with van der Waals surface area (Å²) in [7, 11) is 0. The lowest BCUT2D eigenvalue weighted by Gasteiger charge is -2.18. The number of thiophene rings is 3. The summed E-state index contributed by atoms with van der Waals surface area (Å²) in [4.78, 5) is 79.5. The van der Waals surface area contributed by atoms with Gasteiger partial charge in [-0.25, -0.2) is 4.79 Å². The summed E-state index contributed by atoms with van der Waals surface area (Å²) in [6, 6.07) is 46.4. The van der Waals surface area contributed by atoms with Crippen LogP contribution in [0.5, 0.6) is 23.0 Å². The highest BCUT2D eigenvalue weighted by molar-refractivity contribution is 7.19. The SMILES string of the molecule is O=C(Cl)c1ccc(C(=O)Cl)s1.O=C(O)c1ccc(C(=O)N2C[C@@H](CCl)c3c2cc(O)c2ccccc32)s1.O=C(c1ccc(C(=O)N2C[C@@H](CCl)c3c2cc(O)c2ccccc32)s1)N1C[C@@H](CCl)c2c1cc(O)c1ccccc21.Oc1cc2c(c3ccccc13)[C@H](CCl)CN2. The van der Waals surface area contributed by atoms with Crippen LogP contribution in [0.15, 0.2) is 158 Å². The average Bonchev–Trinajstić information content (AvgIpc) is 1.58. The molecule has 3 amide bonds. The zero-order chi connectivity index (χ0) is 66.4. The van der Waals surface area contributed by atoms with E-state index in [0.29, 0.717) is 96.3 Å². The van der Waals surface area contributed by atoms with Crippen molar-refractivity contribution in [1.29, 1.82) is 0 Å². The number of aromatic hydroxyl groups is 4.